The fraction of sp³-hybridized carbons (Fsp3) is 0.318. The summed E-state index contributed by atoms with van der Waals surface area (Å²) >= 11 is 0. The molecular weight excluding hydrogens is 507 g/mol. The van der Waals surface area contributed by atoms with E-state index in [9.17, 15) is 39.9 Å². The van der Waals surface area contributed by atoms with Gasteiger partial charge in [-0.05, 0) is 53.8 Å². The summed E-state index contributed by atoms with van der Waals surface area (Å²) in [6.07, 6.45) is -11.2. The van der Waals surface area contributed by atoms with Gasteiger partial charge >= 0.3 is 23.9 Å². The van der Waals surface area contributed by atoms with Crippen LogP contribution in [0.1, 0.15) is 34.0 Å². The van der Waals surface area contributed by atoms with Crippen molar-refractivity contribution in [3.63, 3.8) is 0 Å². The van der Waals surface area contributed by atoms with Gasteiger partial charge in [0, 0.05) is 11.1 Å². The fourth-order valence-corrected chi connectivity index (χ4v) is 3.88. The molecule has 0 fully saturated rings. The third-order valence-corrected chi connectivity index (χ3v) is 5.60. The van der Waals surface area contributed by atoms with Crippen LogP contribution in [0.2, 0.25) is 0 Å². The van der Waals surface area contributed by atoms with E-state index in [1.54, 1.807) is 0 Å². The second-order valence-corrected chi connectivity index (χ2v) is 7.84. The summed E-state index contributed by atoms with van der Waals surface area (Å²) < 4.78 is 124. The smallest absolute Gasteiger partial charge is 0.366 e. The molecule has 0 saturated heterocycles. The molecule has 1 aromatic heterocycles. The van der Waals surface area contributed by atoms with E-state index in [2.05, 4.69) is 10.1 Å². The van der Waals surface area contributed by atoms with Crippen LogP contribution in [0.5, 0.6) is 0 Å². The van der Waals surface area contributed by atoms with E-state index in [1.165, 1.54) is 42.5 Å². The highest BCUT2D eigenvalue weighted by Crippen LogP contribution is 2.58. The number of hydrogen-bond donors (Lipinski definition) is 1. The van der Waals surface area contributed by atoms with Crippen molar-refractivity contribution in [1.82, 2.24) is 14.8 Å². The van der Waals surface area contributed by atoms with Crippen molar-refractivity contribution >= 4 is 5.91 Å². The summed E-state index contributed by atoms with van der Waals surface area (Å²) in [6.45, 7) is 2.45. The van der Waals surface area contributed by atoms with Gasteiger partial charge in [0.05, 0.1) is 5.69 Å². The van der Waals surface area contributed by atoms with E-state index in [4.69, 9.17) is 5.73 Å². The van der Waals surface area contributed by atoms with Crippen LogP contribution in [0, 0.1) is 6.92 Å². The molecule has 0 radical (unpaired) electrons. The van der Waals surface area contributed by atoms with Crippen LogP contribution in [0.15, 0.2) is 43.0 Å². The van der Waals surface area contributed by atoms with Crippen molar-refractivity contribution in [2.45, 2.75) is 44.2 Å². The molecular formula is C22H17F9N4O. The Balaban J connectivity index is 2.36. The molecule has 0 aliphatic carbocycles. The Morgan fingerprint density at radius 1 is 0.972 bits per heavy atom. The number of primary amides is 1. The van der Waals surface area contributed by atoms with Gasteiger partial charge in [-0.2, -0.15) is 40.2 Å². The lowest BCUT2D eigenvalue weighted by Crippen LogP contribution is -2.59. The van der Waals surface area contributed by atoms with Gasteiger partial charge in [-0.3, -0.25) is 4.79 Å². The Labute approximate surface area is 197 Å². The van der Waals surface area contributed by atoms with Crippen molar-refractivity contribution in [3.05, 3.63) is 65.2 Å². The summed E-state index contributed by atoms with van der Waals surface area (Å²) in [5, 5.41) is 3.91. The molecule has 1 unspecified atom stereocenters. The number of benzene rings is 2. The molecule has 2 N–H and O–H groups in total. The summed E-state index contributed by atoms with van der Waals surface area (Å²) in [6, 6.07) is 4.60. The van der Waals surface area contributed by atoms with E-state index in [0.717, 1.165) is 6.92 Å². The molecule has 36 heavy (non-hydrogen) atoms. The normalized spacial score (nSPS) is 14.5. The van der Waals surface area contributed by atoms with Crippen LogP contribution < -0.4 is 5.73 Å². The number of amides is 1. The maximum Gasteiger partial charge on any atom is 0.457 e. The lowest BCUT2D eigenvalue weighted by molar-refractivity contribution is -0.389. The summed E-state index contributed by atoms with van der Waals surface area (Å²) in [5.41, 5.74) is -2.90. The molecule has 0 saturated carbocycles. The molecule has 1 atom stereocenters. The number of halogens is 9. The lowest BCUT2D eigenvalue weighted by atomic mass is 9.82. The van der Waals surface area contributed by atoms with Crippen molar-refractivity contribution in [2.24, 2.45) is 5.73 Å². The SMILES string of the molecule is CCc1cc(C(F)(C(F)(F)F)C(F)(F)C(F)(F)F)cc(C)c1-c1cc(-n2cncn2)ccc1C(N)=O. The summed E-state index contributed by atoms with van der Waals surface area (Å²) in [7, 11) is 0. The average molecular weight is 524 g/mol. The molecule has 0 aliphatic rings. The summed E-state index contributed by atoms with van der Waals surface area (Å²) in [4.78, 5) is 15.8. The number of aryl methyl sites for hydroxylation is 2. The molecule has 0 spiro atoms. The number of nitrogens with zero attached hydrogens (tertiary/aromatic N) is 3. The van der Waals surface area contributed by atoms with Crippen LogP contribution >= 0.6 is 0 Å². The number of hydrogen-bond acceptors (Lipinski definition) is 3. The van der Waals surface area contributed by atoms with Gasteiger partial charge in [0.15, 0.2) is 0 Å². The van der Waals surface area contributed by atoms with Gasteiger partial charge < -0.3 is 5.73 Å². The zero-order valence-corrected chi connectivity index (χ0v) is 18.5. The first kappa shape index (κ1) is 27.0. The van der Waals surface area contributed by atoms with Crippen molar-refractivity contribution < 1.29 is 44.3 Å². The molecule has 2 aromatic carbocycles. The van der Waals surface area contributed by atoms with Crippen molar-refractivity contribution in [2.75, 3.05) is 0 Å². The summed E-state index contributed by atoms with van der Waals surface area (Å²) in [5.74, 6) is -7.76. The molecule has 3 aromatic rings. The number of aromatic nitrogens is 3. The van der Waals surface area contributed by atoms with E-state index in [0.29, 0.717) is 11.8 Å². The molecule has 3 rings (SSSR count). The van der Waals surface area contributed by atoms with Crippen LogP contribution in [-0.4, -0.2) is 38.9 Å². The molecule has 194 valence electrons. The highest BCUT2D eigenvalue weighted by Gasteiger charge is 2.81. The quantitative estimate of drug-likeness (QED) is 0.413. The Hall–Kier alpha value is -3.58. The maximum absolute atomic E-state index is 15.1. The fourth-order valence-electron chi connectivity index (χ4n) is 3.88. The predicted octanol–water partition coefficient (Wildman–Crippen LogP) is 5.83. The first-order chi connectivity index (χ1) is 16.5. The molecule has 1 heterocycles. The Morgan fingerprint density at radius 2 is 1.61 bits per heavy atom. The Kier molecular flexibility index (Phi) is 6.62. The first-order valence-corrected chi connectivity index (χ1v) is 10.1. The highest BCUT2D eigenvalue weighted by atomic mass is 19.4. The van der Waals surface area contributed by atoms with E-state index in [1.807, 2.05) is 0 Å². The maximum atomic E-state index is 15.1. The number of rotatable bonds is 6. The van der Waals surface area contributed by atoms with Gasteiger partial charge in [0.2, 0.25) is 5.91 Å². The second kappa shape index (κ2) is 8.82. The standard InChI is InChI=1S/C22H17F9N4O/c1-3-12-7-13(19(23,21(26,27)28)20(24,25)22(29,30)31)6-11(2)17(12)16-8-14(35-10-33-9-34-35)4-5-15(16)18(32)36/h4-10H,3H2,1-2H3,(H2,32,36). The largest absolute Gasteiger partial charge is 0.457 e. The number of carbonyl (C=O) groups is 1. The second-order valence-electron chi connectivity index (χ2n) is 7.84. The highest BCUT2D eigenvalue weighted by molar-refractivity contribution is 6.01. The first-order valence-electron chi connectivity index (χ1n) is 10.1. The van der Waals surface area contributed by atoms with Gasteiger partial charge in [0.1, 0.15) is 12.7 Å². The van der Waals surface area contributed by atoms with Crippen LogP contribution in [0.25, 0.3) is 16.8 Å². The lowest BCUT2D eigenvalue weighted by Gasteiger charge is -2.36. The third-order valence-electron chi connectivity index (χ3n) is 5.60. The molecule has 5 nitrogen and oxygen atoms in total. The van der Waals surface area contributed by atoms with Gasteiger partial charge in [-0.15, -0.1) is 0 Å². The minimum Gasteiger partial charge on any atom is -0.366 e. The molecule has 1 amide bonds. The topological polar surface area (TPSA) is 73.8 Å². The number of carbonyl (C=O) groups excluding carboxylic acids is 1. The van der Waals surface area contributed by atoms with Gasteiger partial charge in [-0.25, -0.2) is 14.1 Å². The molecule has 0 aliphatic heterocycles. The van der Waals surface area contributed by atoms with E-state index >= 15 is 4.39 Å². The number of alkyl halides is 9. The third kappa shape index (κ3) is 4.17. The van der Waals surface area contributed by atoms with Crippen LogP contribution in [0.4, 0.5) is 39.5 Å². The minimum atomic E-state index is -6.85. The average Bonchev–Trinajstić information content (AvgIpc) is 3.30. The van der Waals surface area contributed by atoms with Crippen molar-refractivity contribution in [1.29, 1.82) is 0 Å². The van der Waals surface area contributed by atoms with Crippen LogP contribution in [-0.2, 0) is 12.1 Å². The minimum absolute atomic E-state index is 0.0110. The monoisotopic (exact) mass is 524 g/mol. The number of nitrogens with two attached hydrogens (primary N) is 1. The van der Waals surface area contributed by atoms with E-state index in [-0.39, 0.29) is 40.3 Å². The Morgan fingerprint density at radius 3 is 2.08 bits per heavy atom. The van der Waals surface area contributed by atoms with Gasteiger partial charge in [-0.1, -0.05) is 19.1 Å². The Bertz CT molecular complexity index is 1280. The van der Waals surface area contributed by atoms with Gasteiger partial charge in [0.25, 0.3) is 0 Å². The van der Waals surface area contributed by atoms with Crippen LogP contribution in [0.3, 0.4) is 0 Å². The molecule has 14 heteroatoms. The molecule has 0 bridgehead atoms. The van der Waals surface area contributed by atoms with Crippen molar-refractivity contribution in [3.8, 4) is 16.8 Å². The zero-order chi connectivity index (χ0) is 27.3. The van der Waals surface area contributed by atoms with E-state index < -0.39 is 35.4 Å². The zero-order valence-electron chi connectivity index (χ0n) is 18.5. The predicted molar refractivity (Wildman–Crippen MR) is 109 cm³/mol.